The highest BCUT2D eigenvalue weighted by molar-refractivity contribution is 5.99. The number of rotatable bonds is 5. The normalized spacial score (nSPS) is 11.0. The van der Waals surface area contributed by atoms with E-state index in [9.17, 15) is 14.9 Å². The van der Waals surface area contributed by atoms with Gasteiger partial charge in [-0.25, -0.2) is 0 Å². The summed E-state index contributed by atoms with van der Waals surface area (Å²) in [6.45, 7) is 6.63. The minimum Gasteiger partial charge on any atom is -0.352 e. The third-order valence-electron chi connectivity index (χ3n) is 2.77. The van der Waals surface area contributed by atoms with Crippen LogP contribution in [0.1, 0.15) is 37.6 Å². The van der Waals surface area contributed by atoms with E-state index in [1.165, 1.54) is 18.2 Å². The predicted molar refractivity (Wildman–Crippen MR) is 77.3 cm³/mol. The second kappa shape index (κ2) is 6.33. The number of nitrogen functional groups attached to an aromatic ring is 1. The number of nitrogens with zero attached hydrogens (tertiary/aromatic N) is 1. The molecular weight excluding hydrogens is 260 g/mol. The molecular formula is C13H20N4O3. The average Bonchev–Trinajstić information content (AvgIpc) is 2.36. The molecule has 4 N–H and O–H groups in total. The molecule has 1 amide bonds. The fourth-order valence-electron chi connectivity index (χ4n) is 1.61. The zero-order valence-corrected chi connectivity index (χ0v) is 11.9. The highest BCUT2D eigenvalue weighted by Gasteiger charge is 2.21. The molecule has 0 bridgehead atoms. The van der Waals surface area contributed by atoms with Crippen molar-refractivity contribution in [3.8, 4) is 0 Å². The molecule has 0 radical (unpaired) electrons. The molecule has 20 heavy (non-hydrogen) atoms. The Balaban J connectivity index is 2.87. The van der Waals surface area contributed by atoms with E-state index in [2.05, 4.69) is 31.5 Å². The molecule has 0 aliphatic heterocycles. The highest BCUT2D eigenvalue weighted by atomic mass is 16.6. The smallest absolute Gasteiger partial charge is 0.282 e. The first-order valence-corrected chi connectivity index (χ1v) is 6.28. The van der Waals surface area contributed by atoms with Gasteiger partial charge < -0.3 is 10.7 Å². The minimum absolute atomic E-state index is 0.000593. The summed E-state index contributed by atoms with van der Waals surface area (Å²) in [5, 5.41) is 13.6. The van der Waals surface area contributed by atoms with E-state index < -0.39 is 10.8 Å². The number of hydrazine groups is 1. The van der Waals surface area contributed by atoms with E-state index in [4.69, 9.17) is 5.84 Å². The van der Waals surface area contributed by atoms with E-state index in [1.54, 1.807) is 0 Å². The van der Waals surface area contributed by atoms with Gasteiger partial charge in [-0.3, -0.25) is 20.8 Å². The molecule has 0 atom stereocenters. The first kappa shape index (κ1) is 15.9. The van der Waals surface area contributed by atoms with Crippen LogP contribution in [-0.4, -0.2) is 17.4 Å². The van der Waals surface area contributed by atoms with Crippen LogP contribution < -0.4 is 16.6 Å². The highest BCUT2D eigenvalue weighted by Crippen LogP contribution is 2.22. The number of nitrogens with two attached hydrogens (primary N) is 1. The van der Waals surface area contributed by atoms with Gasteiger partial charge in [0.25, 0.3) is 11.6 Å². The van der Waals surface area contributed by atoms with Crippen LogP contribution in [0.2, 0.25) is 0 Å². The second-order valence-corrected chi connectivity index (χ2v) is 5.70. The zero-order valence-electron chi connectivity index (χ0n) is 11.9. The standard InChI is InChI=1S/C13H20N4O3/c1-13(2,3)6-7-15-12(18)10-8-9(16-14)4-5-11(10)17(19)20/h4-5,8,16H,6-7,14H2,1-3H3,(H,15,18). The monoisotopic (exact) mass is 280 g/mol. The second-order valence-electron chi connectivity index (χ2n) is 5.70. The quantitative estimate of drug-likeness (QED) is 0.434. The van der Waals surface area contributed by atoms with Crippen molar-refractivity contribution < 1.29 is 9.72 Å². The predicted octanol–water partition coefficient (Wildman–Crippen LogP) is 2.05. The maximum atomic E-state index is 12.0. The molecule has 1 aromatic rings. The number of nitro benzene ring substituents is 1. The van der Waals surface area contributed by atoms with Gasteiger partial charge in [0, 0.05) is 18.3 Å². The number of nitrogens with one attached hydrogen (secondary N) is 2. The van der Waals surface area contributed by atoms with Crippen LogP contribution in [0.25, 0.3) is 0 Å². The van der Waals surface area contributed by atoms with Crippen molar-refractivity contribution in [2.24, 2.45) is 11.3 Å². The van der Waals surface area contributed by atoms with Gasteiger partial charge in [-0.2, -0.15) is 0 Å². The number of carbonyl (C=O) groups excluding carboxylic acids is 1. The first-order chi connectivity index (χ1) is 9.24. The Morgan fingerprint density at radius 1 is 1.40 bits per heavy atom. The van der Waals surface area contributed by atoms with E-state index in [-0.39, 0.29) is 16.7 Å². The van der Waals surface area contributed by atoms with Gasteiger partial charge >= 0.3 is 0 Å². The van der Waals surface area contributed by atoms with E-state index in [0.717, 1.165) is 6.42 Å². The lowest BCUT2D eigenvalue weighted by Gasteiger charge is -2.18. The Labute approximate surface area is 117 Å². The van der Waals surface area contributed by atoms with Crippen LogP contribution in [0.4, 0.5) is 11.4 Å². The Bertz CT molecular complexity index is 509. The summed E-state index contributed by atoms with van der Waals surface area (Å²) < 4.78 is 0. The van der Waals surface area contributed by atoms with Crippen molar-refractivity contribution >= 4 is 17.3 Å². The Hall–Kier alpha value is -2.15. The van der Waals surface area contributed by atoms with Crippen molar-refractivity contribution in [3.05, 3.63) is 33.9 Å². The molecule has 1 aromatic carbocycles. The van der Waals surface area contributed by atoms with Crippen molar-refractivity contribution in [2.45, 2.75) is 27.2 Å². The van der Waals surface area contributed by atoms with E-state index in [0.29, 0.717) is 12.2 Å². The summed E-state index contributed by atoms with van der Waals surface area (Å²) in [6, 6.07) is 4.07. The summed E-state index contributed by atoms with van der Waals surface area (Å²) in [7, 11) is 0. The lowest BCUT2D eigenvalue weighted by Crippen LogP contribution is -2.28. The maximum absolute atomic E-state index is 12.0. The Morgan fingerprint density at radius 3 is 2.55 bits per heavy atom. The average molecular weight is 280 g/mol. The lowest BCUT2D eigenvalue weighted by molar-refractivity contribution is -0.385. The minimum atomic E-state index is -0.584. The molecule has 0 aliphatic rings. The van der Waals surface area contributed by atoms with Gasteiger partial charge in [0.05, 0.1) is 4.92 Å². The van der Waals surface area contributed by atoms with Gasteiger partial charge in [0.1, 0.15) is 5.56 Å². The first-order valence-electron chi connectivity index (χ1n) is 6.28. The molecule has 0 unspecified atom stereocenters. The van der Waals surface area contributed by atoms with Crippen LogP contribution >= 0.6 is 0 Å². The molecule has 0 aromatic heterocycles. The SMILES string of the molecule is CC(C)(C)CCNC(=O)c1cc(NN)ccc1[N+](=O)[O-]. The van der Waals surface area contributed by atoms with Gasteiger partial charge in [0.2, 0.25) is 0 Å². The molecule has 1 rings (SSSR count). The molecule has 0 spiro atoms. The van der Waals surface area contributed by atoms with Crippen molar-refractivity contribution in [2.75, 3.05) is 12.0 Å². The van der Waals surface area contributed by atoms with E-state index >= 15 is 0 Å². The number of hydrogen-bond acceptors (Lipinski definition) is 5. The van der Waals surface area contributed by atoms with Crippen molar-refractivity contribution in [1.29, 1.82) is 0 Å². The number of anilines is 1. The Morgan fingerprint density at radius 2 is 2.05 bits per heavy atom. The van der Waals surface area contributed by atoms with Gasteiger partial charge in [-0.15, -0.1) is 0 Å². The van der Waals surface area contributed by atoms with Crippen molar-refractivity contribution in [3.63, 3.8) is 0 Å². The third-order valence-corrected chi connectivity index (χ3v) is 2.77. The summed E-state index contributed by atoms with van der Waals surface area (Å²) in [5.74, 6) is 4.78. The number of benzene rings is 1. The fraction of sp³-hybridized carbons (Fsp3) is 0.462. The van der Waals surface area contributed by atoms with E-state index in [1.807, 2.05) is 0 Å². The summed E-state index contributed by atoms with van der Waals surface area (Å²) in [4.78, 5) is 22.4. The van der Waals surface area contributed by atoms with Crippen LogP contribution in [0.5, 0.6) is 0 Å². The maximum Gasteiger partial charge on any atom is 0.282 e. The summed E-state index contributed by atoms with van der Waals surface area (Å²) in [5.41, 5.74) is 2.65. The molecule has 0 fully saturated rings. The van der Waals surface area contributed by atoms with Crippen LogP contribution in [-0.2, 0) is 0 Å². The molecule has 7 nitrogen and oxygen atoms in total. The Kier molecular flexibility index (Phi) is 5.04. The summed E-state index contributed by atoms with van der Waals surface area (Å²) in [6.07, 6.45) is 0.779. The third kappa shape index (κ3) is 4.51. The zero-order chi connectivity index (χ0) is 15.3. The summed E-state index contributed by atoms with van der Waals surface area (Å²) >= 11 is 0. The molecule has 0 aliphatic carbocycles. The van der Waals surface area contributed by atoms with Crippen molar-refractivity contribution in [1.82, 2.24) is 5.32 Å². The number of amides is 1. The van der Waals surface area contributed by atoms with Gasteiger partial charge in [-0.1, -0.05) is 20.8 Å². The molecule has 0 saturated heterocycles. The fourth-order valence-corrected chi connectivity index (χ4v) is 1.61. The van der Waals surface area contributed by atoms with Crippen LogP contribution in [0.15, 0.2) is 18.2 Å². The van der Waals surface area contributed by atoms with Gasteiger partial charge in [-0.05, 0) is 24.0 Å². The number of carbonyl (C=O) groups is 1. The molecule has 110 valence electrons. The molecule has 0 saturated carbocycles. The topological polar surface area (TPSA) is 110 Å². The molecule has 7 heteroatoms. The van der Waals surface area contributed by atoms with Crippen LogP contribution in [0.3, 0.4) is 0 Å². The number of hydrogen-bond donors (Lipinski definition) is 3. The largest absolute Gasteiger partial charge is 0.352 e. The van der Waals surface area contributed by atoms with Crippen LogP contribution in [0, 0.1) is 15.5 Å². The van der Waals surface area contributed by atoms with Gasteiger partial charge in [0.15, 0.2) is 0 Å². The molecule has 0 heterocycles. The number of nitro groups is 1. The lowest BCUT2D eigenvalue weighted by atomic mass is 9.92.